The van der Waals surface area contributed by atoms with Crippen molar-refractivity contribution in [1.82, 2.24) is 10.2 Å². The number of amides is 2. The Hall–Kier alpha value is -2.78. The average Bonchev–Trinajstić information content (AvgIpc) is 2.92. The van der Waals surface area contributed by atoms with Gasteiger partial charge in [0.25, 0.3) is 10.0 Å². The Labute approximate surface area is 251 Å². The van der Waals surface area contributed by atoms with Crippen LogP contribution in [0.25, 0.3) is 0 Å². The lowest BCUT2D eigenvalue weighted by atomic mass is 10.1. The van der Waals surface area contributed by atoms with E-state index in [4.69, 9.17) is 34.8 Å². The lowest BCUT2D eigenvalue weighted by Gasteiger charge is -2.33. The molecule has 0 aliphatic rings. The number of aryl methyl sites for hydroxylation is 1. The zero-order valence-electron chi connectivity index (χ0n) is 22.5. The number of hydrogen-bond acceptors (Lipinski definition) is 4. The van der Waals surface area contributed by atoms with Crippen LogP contribution < -0.4 is 9.62 Å². The Morgan fingerprint density at radius 2 is 1.52 bits per heavy atom. The Kier molecular flexibility index (Phi) is 11.3. The second kappa shape index (κ2) is 14.2. The molecule has 40 heavy (non-hydrogen) atoms. The van der Waals surface area contributed by atoms with Gasteiger partial charge in [-0.3, -0.25) is 13.9 Å². The van der Waals surface area contributed by atoms with Gasteiger partial charge in [0.2, 0.25) is 11.8 Å². The molecule has 3 aromatic carbocycles. The fourth-order valence-corrected chi connectivity index (χ4v) is 6.10. The molecule has 2 amide bonds. The first kappa shape index (κ1) is 31.7. The van der Waals surface area contributed by atoms with Crippen LogP contribution in [0, 0.1) is 6.92 Å². The van der Waals surface area contributed by atoms with Crippen LogP contribution in [-0.4, -0.2) is 44.3 Å². The molecule has 0 aromatic heterocycles. The van der Waals surface area contributed by atoms with Gasteiger partial charge < -0.3 is 10.2 Å². The van der Waals surface area contributed by atoms with Crippen LogP contribution in [-0.2, 0) is 26.2 Å². The lowest BCUT2D eigenvalue weighted by molar-refractivity contribution is -0.140. The van der Waals surface area contributed by atoms with Gasteiger partial charge in [-0.15, -0.1) is 0 Å². The van der Waals surface area contributed by atoms with E-state index in [1.165, 1.54) is 29.2 Å². The molecule has 0 bridgehead atoms. The minimum absolute atomic E-state index is 0.0219. The molecule has 3 aromatic rings. The van der Waals surface area contributed by atoms with Crippen LogP contribution >= 0.6 is 34.8 Å². The van der Waals surface area contributed by atoms with E-state index >= 15 is 0 Å². The molecule has 1 N–H and O–H groups in total. The van der Waals surface area contributed by atoms with Gasteiger partial charge in [0.15, 0.2) is 0 Å². The lowest BCUT2D eigenvalue weighted by Crippen LogP contribution is -2.52. The van der Waals surface area contributed by atoms with Gasteiger partial charge in [-0.2, -0.15) is 0 Å². The molecule has 214 valence electrons. The largest absolute Gasteiger partial charge is 0.354 e. The van der Waals surface area contributed by atoms with Gasteiger partial charge >= 0.3 is 0 Å². The highest BCUT2D eigenvalue weighted by molar-refractivity contribution is 7.92. The summed E-state index contributed by atoms with van der Waals surface area (Å²) in [5.41, 5.74) is 1.72. The quantitative estimate of drug-likeness (QED) is 0.250. The van der Waals surface area contributed by atoms with Crippen molar-refractivity contribution in [3.05, 3.63) is 92.9 Å². The van der Waals surface area contributed by atoms with E-state index in [1.54, 1.807) is 49.4 Å². The van der Waals surface area contributed by atoms with Gasteiger partial charge in [-0.25, -0.2) is 8.42 Å². The SMILES string of the molecule is CCCNC(=O)C(CC)N(Cc1ccc(Cl)cc1Cl)C(=O)CN(c1ccc(Cl)cc1)S(=O)(=O)c1ccc(C)cc1. The number of benzene rings is 3. The van der Waals surface area contributed by atoms with Crippen LogP contribution in [0.2, 0.25) is 15.1 Å². The summed E-state index contributed by atoms with van der Waals surface area (Å²) >= 11 is 18.6. The van der Waals surface area contributed by atoms with Crippen LogP contribution in [0.4, 0.5) is 5.69 Å². The highest BCUT2D eigenvalue weighted by atomic mass is 35.5. The summed E-state index contributed by atoms with van der Waals surface area (Å²) < 4.78 is 28.7. The van der Waals surface area contributed by atoms with Crippen molar-refractivity contribution in [2.24, 2.45) is 0 Å². The number of carbonyl (C=O) groups is 2. The van der Waals surface area contributed by atoms with Gasteiger partial charge in [0, 0.05) is 28.2 Å². The first-order valence-electron chi connectivity index (χ1n) is 12.8. The average molecular weight is 625 g/mol. The minimum atomic E-state index is -4.17. The summed E-state index contributed by atoms with van der Waals surface area (Å²) in [5.74, 6) is -0.905. The molecular formula is C29H32Cl3N3O4S. The van der Waals surface area contributed by atoms with Gasteiger partial charge in [-0.1, -0.05) is 72.4 Å². The number of halogens is 3. The van der Waals surface area contributed by atoms with Crippen LogP contribution in [0.1, 0.15) is 37.8 Å². The molecule has 0 aliphatic heterocycles. The van der Waals surface area contributed by atoms with E-state index in [-0.39, 0.29) is 23.0 Å². The number of rotatable bonds is 12. The zero-order chi connectivity index (χ0) is 29.4. The zero-order valence-corrected chi connectivity index (χ0v) is 25.6. The van der Waals surface area contributed by atoms with Crippen molar-refractivity contribution in [3.63, 3.8) is 0 Å². The van der Waals surface area contributed by atoms with Crippen molar-refractivity contribution in [3.8, 4) is 0 Å². The van der Waals surface area contributed by atoms with Gasteiger partial charge in [0.05, 0.1) is 10.6 Å². The molecule has 0 spiro atoms. The number of sulfonamides is 1. The molecule has 0 saturated heterocycles. The summed E-state index contributed by atoms with van der Waals surface area (Å²) in [6, 6.07) is 16.6. The number of hydrogen-bond donors (Lipinski definition) is 1. The molecule has 0 heterocycles. The van der Waals surface area contributed by atoms with Crippen LogP contribution in [0.15, 0.2) is 71.6 Å². The third-order valence-electron chi connectivity index (χ3n) is 6.29. The number of nitrogens with one attached hydrogen (secondary N) is 1. The van der Waals surface area contributed by atoms with E-state index in [9.17, 15) is 18.0 Å². The number of anilines is 1. The molecule has 0 aliphatic carbocycles. The molecular weight excluding hydrogens is 593 g/mol. The summed E-state index contributed by atoms with van der Waals surface area (Å²) in [6.45, 7) is 5.44. The van der Waals surface area contributed by atoms with E-state index in [2.05, 4.69) is 5.32 Å². The standard InChI is InChI=1S/C29H32Cl3N3O4S/c1-4-16-33-29(37)27(5-2)34(18-21-8-9-23(31)17-26(21)32)28(36)19-35(24-12-10-22(30)11-13-24)40(38,39)25-14-6-20(3)7-15-25/h6-15,17,27H,4-5,16,18-19H2,1-3H3,(H,33,37). The molecule has 1 unspecified atom stereocenters. The normalized spacial score (nSPS) is 12.1. The third-order valence-corrected chi connectivity index (χ3v) is 8.92. The van der Waals surface area contributed by atoms with E-state index in [1.807, 2.05) is 13.8 Å². The predicted octanol–water partition coefficient (Wildman–Crippen LogP) is 6.48. The molecule has 11 heteroatoms. The predicted molar refractivity (Wildman–Crippen MR) is 162 cm³/mol. The molecule has 3 rings (SSSR count). The minimum Gasteiger partial charge on any atom is -0.354 e. The number of carbonyl (C=O) groups excluding carboxylic acids is 2. The van der Waals surface area contributed by atoms with Crippen molar-refractivity contribution < 1.29 is 18.0 Å². The first-order chi connectivity index (χ1) is 19.0. The topological polar surface area (TPSA) is 86.8 Å². The van der Waals surface area contributed by atoms with Gasteiger partial charge in [-0.05, 0) is 73.9 Å². The van der Waals surface area contributed by atoms with Crippen LogP contribution in [0.3, 0.4) is 0 Å². The highest BCUT2D eigenvalue weighted by Gasteiger charge is 2.34. The third kappa shape index (κ3) is 7.91. The summed E-state index contributed by atoms with van der Waals surface area (Å²) in [4.78, 5) is 28.6. The Balaban J connectivity index is 2.06. The maximum absolute atomic E-state index is 14.0. The van der Waals surface area contributed by atoms with Crippen molar-refractivity contribution in [2.45, 2.75) is 51.1 Å². The van der Waals surface area contributed by atoms with E-state index in [0.717, 1.165) is 16.3 Å². The molecule has 7 nitrogen and oxygen atoms in total. The molecule has 0 fully saturated rings. The summed E-state index contributed by atoms with van der Waals surface area (Å²) in [7, 11) is -4.17. The fourth-order valence-electron chi connectivity index (χ4n) is 4.09. The first-order valence-corrected chi connectivity index (χ1v) is 15.4. The maximum Gasteiger partial charge on any atom is 0.264 e. The monoisotopic (exact) mass is 623 g/mol. The second-order valence-electron chi connectivity index (χ2n) is 9.27. The van der Waals surface area contributed by atoms with Crippen LogP contribution in [0.5, 0.6) is 0 Å². The Bertz CT molecular complexity index is 1430. The number of nitrogens with zero attached hydrogens (tertiary/aromatic N) is 2. The molecule has 0 radical (unpaired) electrons. The summed E-state index contributed by atoms with van der Waals surface area (Å²) in [6.07, 6.45) is 1.02. The van der Waals surface area contributed by atoms with Crippen molar-refractivity contribution in [2.75, 3.05) is 17.4 Å². The smallest absolute Gasteiger partial charge is 0.264 e. The summed E-state index contributed by atoms with van der Waals surface area (Å²) in [5, 5.41) is 4.02. The Morgan fingerprint density at radius 3 is 2.10 bits per heavy atom. The van der Waals surface area contributed by atoms with E-state index < -0.39 is 28.5 Å². The molecule has 1 atom stereocenters. The highest BCUT2D eigenvalue weighted by Crippen LogP contribution is 2.28. The van der Waals surface area contributed by atoms with Crippen molar-refractivity contribution in [1.29, 1.82) is 0 Å². The Morgan fingerprint density at radius 1 is 0.900 bits per heavy atom. The molecule has 0 saturated carbocycles. The van der Waals surface area contributed by atoms with E-state index in [0.29, 0.717) is 33.6 Å². The van der Waals surface area contributed by atoms with Gasteiger partial charge in [0.1, 0.15) is 12.6 Å². The second-order valence-corrected chi connectivity index (χ2v) is 12.4. The fraction of sp³-hybridized carbons (Fsp3) is 0.310. The maximum atomic E-state index is 14.0. The van der Waals surface area contributed by atoms with Crippen molar-refractivity contribution >= 4 is 62.3 Å².